The van der Waals surface area contributed by atoms with Gasteiger partial charge in [-0.05, 0) is 55.7 Å². The molecule has 0 radical (unpaired) electrons. The normalized spacial score (nSPS) is 11.8. The van der Waals surface area contributed by atoms with Gasteiger partial charge in [0, 0.05) is 11.7 Å². The van der Waals surface area contributed by atoms with Crippen LogP contribution in [0.5, 0.6) is 0 Å². The topological polar surface area (TPSA) is 62.0 Å². The first-order chi connectivity index (χ1) is 10.4. The number of rotatable bonds is 4. The van der Waals surface area contributed by atoms with Crippen molar-refractivity contribution >= 4 is 5.91 Å². The van der Waals surface area contributed by atoms with Crippen molar-refractivity contribution < 1.29 is 4.79 Å². The first-order valence-electron chi connectivity index (χ1n) is 7.16. The minimum absolute atomic E-state index is 0.0984. The summed E-state index contributed by atoms with van der Waals surface area (Å²) in [5.41, 5.74) is 3.67. The van der Waals surface area contributed by atoms with Crippen LogP contribution in [-0.4, -0.2) is 16.9 Å². The van der Waals surface area contributed by atoms with E-state index in [4.69, 9.17) is 0 Å². The number of pyridine rings is 1. The zero-order chi connectivity index (χ0) is 16.3. The van der Waals surface area contributed by atoms with Crippen LogP contribution < -0.4 is 10.9 Å². The maximum atomic E-state index is 12.1. The Labute approximate surface area is 129 Å². The third-order valence-corrected chi connectivity index (χ3v) is 3.68. The molecular formula is C18H20N2O2. The predicted octanol–water partition coefficient (Wildman–Crippen LogP) is 2.96. The number of carbonyl (C=O) groups is 1. The molecule has 4 heteroatoms. The fourth-order valence-corrected chi connectivity index (χ4v) is 2.07. The molecule has 0 spiro atoms. The van der Waals surface area contributed by atoms with Gasteiger partial charge in [-0.25, -0.2) is 0 Å². The molecule has 1 unspecified atom stereocenters. The molecule has 1 heterocycles. The van der Waals surface area contributed by atoms with Gasteiger partial charge in [-0.3, -0.25) is 9.59 Å². The monoisotopic (exact) mass is 296 g/mol. The Balaban J connectivity index is 2.33. The van der Waals surface area contributed by atoms with E-state index in [1.807, 2.05) is 32.0 Å². The quantitative estimate of drug-likeness (QED) is 0.852. The van der Waals surface area contributed by atoms with Crippen LogP contribution in [0.3, 0.4) is 0 Å². The summed E-state index contributed by atoms with van der Waals surface area (Å²) in [5, 5.41) is 2.69. The average Bonchev–Trinajstić information content (AvgIpc) is 2.49. The highest BCUT2D eigenvalue weighted by Crippen LogP contribution is 2.19. The van der Waals surface area contributed by atoms with E-state index in [9.17, 15) is 9.59 Å². The molecule has 0 saturated heterocycles. The van der Waals surface area contributed by atoms with E-state index in [0.29, 0.717) is 5.69 Å². The lowest BCUT2D eigenvalue weighted by molar-refractivity contribution is 0.0945. The van der Waals surface area contributed by atoms with Crippen molar-refractivity contribution in [2.45, 2.75) is 26.8 Å². The summed E-state index contributed by atoms with van der Waals surface area (Å²) in [5.74, 6) is -0.403. The zero-order valence-corrected chi connectivity index (χ0v) is 13.1. The van der Waals surface area contributed by atoms with Gasteiger partial charge in [-0.15, -0.1) is 6.58 Å². The van der Waals surface area contributed by atoms with Crippen molar-refractivity contribution in [3.8, 4) is 11.3 Å². The fraction of sp³-hybridized carbons (Fsp3) is 0.222. The largest absolute Gasteiger partial charge is 0.346 e. The van der Waals surface area contributed by atoms with Crippen molar-refractivity contribution in [1.29, 1.82) is 0 Å². The third kappa shape index (κ3) is 3.34. The number of aryl methyl sites for hydroxylation is 2. The second-order valence-electron chi connectivity index (χ2n) is 5.41. The highest BCUT2D eigenvalue weighted by molar-refractivity contribution is 5.94. The molecule has 0 aliphatic heterocycles. The molecule has 0 saturated carbocycles. The summed E-state index contributed by atoms with van der Waals surface area (Å²) >= 11 is 0. The fourth-order valence-electron chi connectivity index (χ4n) is 2.07. The number of benzene rings is 1. The SMILES string of the molecule is C=CC(C)NC(=O)c1ccc(-c2ccc(C)c(C)c2)[nH]c1=O. The van der Waals surface area contributed by atoms with Crippen molar-refractivity contribution in [3.63, 3.8) is 0 Å². The molecule has 2 N–H and O–H groups in total. The number of amides is 1. The van der Waals surface area contributed by atoms with Crippen LogP contribution in [0, 0.1) is 13.8 Å². The molecule has 0 aliphatic rings. The van der Waals surface area contributed by atoms with Crippen LogP contribution in [0.4, 0.5) is 0 Å². The maximum Gasteiger partial charge on any atom is 0.261 e. The minimum Gasteiger partial charge on any atom is -0.346 e. The van der Waals surface area contributed by atoms with Gasteiger partial charge in [0.2, 0.25) is 0 Å². The predicted molar refractivity (Wildman–Crippen MR) is 89.1 cm³/mol. The summed E-state index contributed by atoms with van der Waals surface area (Å²) < 4.78 is 0. The Kier molecular flexibility index (Phi) is 4.61. The number of aromatic amines is 1. The van der Waals surface area contributed by atoms with Gasteiger partial charge in [0.1, 0.15) is 5.56 Å². The Morgan fingerprint density at radius 2 is 1.95 bits per heavy atom. The van der Waals surface area contributed by atoms with Crippen LogP contribution in [0.15, 0.2) is 47.8 Å². The summed E-state index contributed by atoms with van der Waals surface area (Å²) in [7, 11) is 0. The van der Waals surface area contributed by atoms with Gasteiger partial charge in [-0.1, -0.05) is 18.2 Å². The minimum atomic E-state index is -0.403. The number of hydrogen-bond donors (Lipinski definition) is 2. The summed E-state index contributed by atoms with van der Waals surface area (Å²) in [6, 6.07) is 9.09. The smallest absolute Gasteiger partial charge is 0.261 e. The van der Waals surface area contributed by atoms with Crippen molar-refractivity contribution in [3.05, 3.63) is 70.0 Å². The number of H-pyrrole nitrogens is 1. The number of nitrogens with one attached hydrogen (secondary N) is 2. The van der Waals surface area contributed by atoms with Crippen LogP contribution in [-0.2, 0) is 0 Å². The van der Waals surface area contributed by atoms with Gasteiger partial charge in [-0.2, -0.15) is 0 Å². The molecule has 1 aromatic carbocycles. The molecule has 0 bridgehead atoms. The van der Waals surface area contributed by atoms with Gasteiger partial charge < -0.3 is 10.3 Å². The zero-order valence-electron chi connectivity index (χ0n) is 13.1. The van der Waals surface area contributed by atoms with Gasteiger partial charge >= 0.3 is 0 Å². The van der Waals surface area contributed by atoms with Gasteiger partial charge in [0.05, 0.1) is 0 Å². The van der Waals surface area contributed by atoms with E-state index in [1.165, 1.54) is 5.56 Å². The van der Waals surface area contributed by atoms with Crippen molar-refractivity contribution in [2.24, 2.45) is 0 Å². The molecule has 22 heavy (non-hydrogen) atoms. The van der Waals surface area contributed by atoms with Crippen molar-refractivity contribution in [1.82, 2.24) is 10.3 Å². The first kappa shape index (κ1) is 15.8. The van der Waals surface area contributed by atoms with E-state index in [2.05, 4.69) is 16.9 Å². The second kappa shape index (κ2) is 6.43. The van der Waals surface area contributed by atoms with E-state index < -0.39 is 11.5 Å². The molecule has 1 atom stereocenters. The molecule has 1 amide bonds. The molecule has 4 nitrogen and oxygen atoms in total. The Bertz CT molecular complexity index is 775. The van der Waals surface area contributed by atoms with Crippen LogP contribution in [0.1, 0.15) is 28.4 Å². The van der Waals surface area contributed by atoms with E-state index >= 15 is 0 Å². The van der Waals surface area contributed by atoms with Crippen molar-refractivity contribution in [2.75, 3.05) is 0 Å². The highest BCUT2D eigenvalue weighted by atomic mass is 16.2. The standard InChI is InChI=1S/C18H20N2O2/c1-5-13(4)19-17(21)15-8-9-16(20-18(15)22)14-7-6-11(2)12(3)10-14/h5-10,13H,1H2,2-4H3,(H,19,21)(H,20,22). The number of hydrogen-bond acceptors (Lipinski definition) is 2. The van der Waals surface area contributed by atoms with E-state index in [1.54, 1.807) is 25.1 Å². The second-order valence-corrected chi connectivity index (χ2v) is 5.41. The lowest BCUT2D eigenvalue weighted by Gasteiger charge is -2.10. The van der Waals surface area contributed by atoms with Crippen LogP contribution in [0.2, 0.25) is 0 Å². The Morgan fingerprint density at radius 1 is 1.23 bits per heavy atom. The molecule has 114 valence electrons. The number of aromatic nitrogens is 1. The molecule has 0 fully saturated rings. The third-order valence-electron chi connectivity index (χ3n) is 3.68. The average molecular weight is 296 g/mol. The Morgan fingerprint density at radius 3 is 2.55 bits per heavy atom. The molecule has 2 aromatic rings. The molecule has 0 aliphatic carbocycles. The van der Waals surface area contributed by atoms with E-state index in [-0.39, 0.29) is 11.6 Å². The van der Waals surface area contributed by atoms with Crippen LogP contribution >= 0.6 is 0 Å². The summed E-state index contributed by atoms with van der Waals surface area (Å²) in [4.78, 5) is 26.9. The Hall–Kier alpha value is -2.62. The summed E-state index contributed by atoms with van der Waals surface area (Å²) in [6.07, 6.45) is 1.61. The maximum absolute atomic E-state index is 12.1. The van der Waals surface area contributed by atoms with Crippen LogP contribution in [0.25, 0.3) is 11.3 Å². The van der Waals surface area contributed by atoms with E-state index in [0.717, 1.165) is 11.1 Å². The first-order valence-corrected chi connectivity index (χ1v) is 7.16. The lowest BCUT2D eigenvalue weighted by atomic mass is 10.0. The lowest BCUT2D eigenvalue weighted by Crippen LogP contribution is -2.34. The highest BCUT2D eigenvalue weighted by Gasteiger charge is 2.12. The van der Waals surface area contributed by atoms with Gasteiger partial charge in [0.25, 0.3) is 11.5 Å². The molecular weight excluding hydrogens is 276 g/mol. The molecule has 2 rings (SSSR count). The molecule has 1 aromatic heterocycles. The summed E-state index contributed by atoms with van der Waals surface area (Å²) in [6.45, 7) is 9.45. The van der Waals surface area contributed by atoms with Gasteiger partial charge in [0.15, 0.2) is 0 Å². The number of carbonyl (C=O) groups excluding carboxylic acids is 1.